The number of anilines is 3. The number of aryl methyl sites for hydroxylation is 1. The SMILES string of the molecule is Cc1ccccc1NC(=O)COc1c(Br)cc(C=C2C(=O)N(c3ccccc3)C(=O)N(c3ccccc3)C2=O)cc1Br. The summed E-state index contributed by atoms with van der Waals surface area (Å²) in [7, 11) is 0. The number of carbonyl (C=O) groups is 4. The molecular weight excluding hydrogens is 666 g/mol. The number of amides is 5. The number of barbiturate groups is 1. The lowest BCUT2D eigenvalue weighted by Gasteiger charge is -2.34. The Morgan fingerprint density at radius 2 is 1.29 bits per heavy atom. The zero-order valence-corrected chi connectivity index (χ0v) is 25.4. The molecule has 0 spiro atoms. The Labute approximate surface area is 258 Å². The fourth-order valence-electron chi connectivity index (χ4n) is 4.34. The van der Waals surface area contributed by atoms with Crippen molar-refractivity contribution in [2.24, 2.45) is 0 Å². The average Bonchev–Trinajstić information content (AvgIpc) is 2.97. The number of hydrogen-bond donors (Lipinski definition) is 1. The van der Waals surface area contributed by atoms with Crippen LogP contribution in [0.5, 0.6) is 5.75 Å². The van der Waals surface area contributed by atoms with E-state index in [1.807, 2.05) is 25.1 Å². The molecule has 0 atom stereocenters. The van der Waals surface area contributed by atoms with Crippen molar-refractivity contribution in [3.05, 3.63) is 123 Å². The Bertz CT molecular complexity index is 1640. The Hall–Kier alpha value is -4.54. The Morgan fingerprint density at radius 3 is 1.81 bits per heavy atom. The highest BCUT2D eigenvalue weighted by molar-refractivity contribution is 9.11. The largest absolute Gasteiger partial charge is 0.481 e. The summed E-state index contributed by atoms with van der Waals surface area (Å²) in [5.41, 5.74) is 2.57. The summed E-state index contributed by atoms with van der Waals surface area (Å²) in [6.07, 6.45) is 1.42. The minimum atomic E-state index is -0.769. The van der Waals surface area contributed by atoms with Crippen molar-refractivity contribution in [2.45, 2.75) is 6.92 Å². The summed E-state index contributed by atoms with van der Waals surface area (Å²) < 4.78 is 6.74. The lowest BCUT2D eigenvalue weighted by molar-refractivity contribution is -0.121. The molecule has 0 radical (unpaired) electrons. The predicted molar refractivity (Wildman–Crippen MR) is 168 cm³/mol. The van der Waals surface area contributed by atoms with Crippen molar-refractivity contribution >= 4 is 78.8 Å². The number of urea groups is 1. The van der Waals surface area contributed by atoms with Crippen molar-refractivity contribution in [1.29, 1.82) is 0 Å². The van der Waals surface area contributed by atoms with Gasteiger partial charge in [0.15, 0.2) is 6.61 Å². The number of hydrogen-bond acceptors (Lipinski definition) is 5. The van der Waals surface area contributed by atoms with Gasteiger partial charge in [-0.2, -0.15) is 0 Å². The van der Waals surface area contributed by atoms with Crippen molar-refractivity contribution in [3.8, 4) is 5.75 Å². The topological polar surface area (TPSA) is 96.0 Å². The molecule has 42 heavy (non-hydrogen) atoms. The molecule has 8 nitrogen and oxygen atoms in total. The molecule has 0 unspecified atom stereocenters. The molecule has 4 aromatic carbocycles. The predicted octanol–water partition coefficient (Wildman–Crippen LogP) is 7.12. The number of ether oxygens (including phenoxy) is 1. The van der Waals surface area contributed by atoms with E-state index in [-0.39, 0.29) is 18.1 Å². The standard InChI is InChI=1S/C32H23Br2N3O5/c1-20-10-8-9-15-27(20)35-28(38)19-42-29-25(33)17-21(18-26(29)34)16-24-30(39)36(22-11-4-2-5-12-22)32(41)37(31(24)40)23-13-6-3-7-14-23/h2-18H,19H2,1H3,(H,35,38). The van der Waals surface area contributed by atoms with Crippen LogP contribution in [0.4, 0.5) is 21.9 Å². The average molecular weight is 689 g/mol. The number of nitrogens with zero attached hydrogens (tertiary/aromatic N) is 2. The first-order chi connectivity index (χ1) is 20.2. The van der Waals surface area contributed by atoms with Crippen LogP contribution in [0.25, 0.3) is 6.08 Å². The molecule has 10 heteroatoms. The molecule has 5 amide bonds. The van der Waals surface area contributed by atoms with E-state index in [0.717, 1.165) is 15.4 Å². The normalized spacial score (nSPS) is 13.3. The summed E-state index contributed by atoms with van der Waals surface area (Å²) in [6.45, 7) is 1.65. The van der Waals surface area contributed by atoms with Crippen molar-refractivity contribution in [2.75, 3.05) is 21.7 Å². The Kier molecular flexibility index (Phi) is 8.65. The van der Waals surface area contributed by atoms with Crippen LogP contribution in [0.15, 0.2) is 112 Å². The molecule has 1 N–H and O–H groups in total. The van der Waals surface area contributed by atoms with Gasteiger partial charge in [0.2, 0.25) is 0 Å². The van der Waals surface area contributed by atoms with Crippen LogP contribution < -0.4 is 19.9 Å². The van der Waals surface area contributed by atoms with E-state index in [1.54, 1.807) is 78.9 Å². The van der Waals surface area contributed by atoms with Gasteiger partial charge in [0.25, 0.3) is 17.7 Å². The van der Waals surface area contributed by atoms with Gasteiger partial charge in [-0.25, -0.2) is 14.6 Å². The molecule has 1 heterocycles. The Balaban J connectivity index is 1.44. The van der Waals surface area contributed by atoms with Crippen LogP contribution in [-0.2, 0) is 14.4 Å². The summed E-state index contributed by atoms with van der Waals surface area (Å²) in [5.74, 6) is -1.46. The van der Waals surface area contributed by atoms with E-state index >= 15 is 0 Å². The molecule has 1 saturated heterocycles. The maximum Gasteiger partial charge on any atom is 0.343 e. The fraction of sp³-hybridized carbons (Fsp3) is 0.0625. The third kappa shape index (κ3) is 6.05. The number of para-hydroxylation sites is 3. The minimum Gasteiger partial charge on any atom is -0.481 e. The first kappa shape index (κ1) is 29.0. The second-order valence-corrected chi connectivity index (χ2v) is 11.0. The zero-order chi connectivity index (χ0) is 29.8. The third-order valence-electron chi connectivity index (χ3n) is 6.38. The zero-order valence-electron chi connectivity index (χ0n) is 22.2. The third-order valence-corrected chi connectivity index (χ3v) is 7.55. The number of rotatable bonds is 7. The lowest BCUT2D eigenvalue weighted by Crippen LogP contribution is -2.57. The van der Waals surface area contributed by atoms with Gasteiger partial charge in [0.05, 0.1) is 20.3 Å². The van der Waals surface area contributed by atoms with E-state index in [2.05, 4.69) is 37.2 Å². The summed E-state index contributed by atoms with van der Waals surface area (Å²) in [5, 5.41) is 2.82. The molecule has 1 aliphatic rings. The van der Waals surface area contributed by atoms with Gasteiger partial charge in [0.1, 0.15) is 11.3 Å². The van der Waals surface area contributed by atoms with E-state index in [9.17, 15) is 19.2 Å². The molecule has 1 fully saturated rings. The van der Waals surface area contributed by atoms with Crippen LogP contribution in [-0.4, -0.2) is 30.4 Å². The maximum absolute atomic E-state index is 13.6. The van der Waals surface area contributed by atoms with Gasteiger partial charge in [0, 0.05) is 5.69 Å². The maximum atomic E-state index is 13.6. The Morgan fingerprint density at radius 1 is 0.786 bits per heavy atom. The van der Waals surface area contributed by atoms with E-state index < -0.39 is 17.8 Å². The van der Waals surface area contributed by atoms with E-state index in [1.165, 1.54) is 6.08 Å². The number of imide groups is 2. The highest BCUT2D eigenvalue weighted by Gasteiger charge is 2.43. The molecule has 5 rings (SSSR count). The van der Waals surface area contributed by atoms with Gasteiger partial charge < -0.3 is 10.1 Å². The molecule has 0 aliphatic carbocycles. The van der Waals surface area contributed by atoms with Gasteiger partial charge in [-0.15, -0.1) is 0 Å². The number of benzene rings is 4. The lowest BCUT2D eigenvalue weighted by atomic mass is 10.0. The fourth-order valence-corrected chi connectivity index (χ4v) is 5.79. The monoisotopic (exact) mass is 687 g/mol. The molecular formula is C32H23Br2N3O5. The second-order valence-electron chi connectivity index (χ2n) is 9.26. The van der Waals surface area contributed by atoms with Gasteiger partial charge in [-0.05, 0) is 98.5 Å². The number of halogens is 2. The van der Waals surface area contributed by atoms with Crippen LogP contribution >= 0.6 is 31.9 Å². The highest BCUT2D eigenvalue weighted by atomic mass is 79.9. The first-order valence-electron chi connectivity index (χ1n) is 12.8. The van der Waals surface area contributed by atoms with Gasteiger partial charge in [-0.3, -0.25) is 14.4 Å². The highest BCUT2D eigenvalue weighted by Crippen LogP contribution is 2.36. The first-order valence-corrected chi connectivity index (χ1v) is 14.3. The van der Waals surface area contributed by atoms with Crippen molar-refractivity contribution < 1.29 is 23.9 Å². The van der Waals surface area contributed by atoms with E-state index in [4.69, 9.17) is 4.74 Å². The molecule has 4 aromatic rings. The van der Waals surface area contributed by atoms with Crippen LogP contribution in [0, 0.1) is 6.92 Å². The van der Waals surface area contributed by atoms with Crippen LogP contribution in [0.1, 0.15) is 11.1 Å². The minimum absolute atomic E-state index is 0.201. The number of nitrogens with one attached hydrogen (secondary N) is 1. The molecule has 1 aliphatic heterocycles. The summed E-state index contributed by atoms with van der Waals surface area (Å²) in [4.78, 5) is 55.2. The van der Waals surface area contributed by atoms with E-state index in [0.29, 0.717) is 37.3 Å². The van der Waals surface area contributed by atoms with Crippen molar-refractivity contribution in [3.63, 3.8) is 0 Å². The molecule has 210 valence electrons. The van der Waals surface area contributed by atoms with Crippen molar-refractivity contribution in [1.82, 2.24) is 0 Å². The molecule has 0 bridgehead atoms. The quantitative estimate of drug-likeness (QED) is 0.165. The van der Waals surface area contributed by atoms with Crippen LogP contribution in [0.3, 0.4) is 0 Å². The number of carbonyl (C=O) groups excluding carboxylic acids is 4. The summed E-state index contributed by atoms with van der Waals surface area (Å²) in [6, 6.07) is 26.8. The van der Waals surface area contributed by atoms with Gasteiger partial charge in [-0.1, -0.05) is 54.6 Å². The summed E-state index contributed by atoms with van der Waals surface area (Å²) >= 11 is 6.94. The molecule has 0 aromatic heterocycles. The smallest absolute Gasteiger partial charge is 0.343 e. The van der Waals surface area contributed by atoms with Crippen LogP contribution in [0.2, 0.25) is 0 Å². The molecule has 0 saturated carbocycles. The second kappa shape index (κ2) is 12.5. The van der Waals surface area contributed by atoms with Gasteiger partial charge >= 0.3 is 6.03 Å².